The molecule has 0 aliphatic heterocycles. The van der Waals surface area contributed by atoms with Crippen LogP contribution in [0.3, 0.4) is 0 Å². The molecule has 170 valence electrons. The van der Waals surface area contributed by atoms with E-state index in [9.17, 15) is 4.79 Å². The van der Waals surface area contributed by atoms with Crippen molar-refractivity contribution in [2.24, 2.45) is 11.8 Å². The third-order valence-corrected chi connectivity index (χ3v) is 6.11. The normalized spacial score (nSPS) is 21.0. The van der Waals surface area contributed by atoms with Gasteiger partial charge in [-0.3, -0.25) is 0 Å². The maximum atomic E-state index is 12.1. The number of hydrogen-bond donors (Lipinski definition) is 1. The van der Waals surface area contributed by atoms with Crippen LogP contribution in [0.5, 0.6) is 5.75 Å². The molecule has 6 nitrogen and oxygen atoms in total. The van der Waals surface area contributed by atoms with Gasteiger partial charge in [0.25, 0.3) is 0 Å². The second-order valence-electron chi connectivity index (χ2n) is 9.39. The van der Waals surface area contributed by atoms with E-state index in [0.717, 1.165) is 41.3 Å². The first-order valence-corrected chi connectivity index (χ1v) is 11.5. The Bertz CT molecular complexity index is 1080. The number of esters is 1. The van der Waals surface area contributed by atoms with E-state index >= 15 is 0 Å². The fourth-order valence-corrected chi connectivity index (χ4v) is 4.93. The maximum Gasteiger partial charge on any atom is 0.337 e. The number of imidazole rings is 1. The predicted octanol–water partition coefficient (Wildman–Crippen LogP) is 6.35. The van der Waals surface area contributed by atoms with Crippen LogP contribution in [0.25, 0.3) is 11.0 Å². The number of anilines is 2. The summed E-state index contributed by atoms with van der Waals surface area (Å²) in [7, 11) is 1.40. The Morgan fingerprint density at radius 2 is 1.75 bits per heavy atom. The average molecular weight is 436 g/mol. The topological polar surface area (TPSA) is 65.4 Å². The van der Waals surface area contributed by atoms with Crippen LogP contribution in [0, 0.1) is 11.8 Å². The lowest BCUT2D eigenvalue weighted by Crippen LogP contribution is -2.23. The van der Waals surface area contributed by atoms with Crippen LogP contribution in [0.1, 0.15) is 63.4 Å². The van der Waals surface area contributed by atoms with Crippen LogP contribution in [0.15, 0.2) is 42.5 Å². The molecule has 1 N–H and O–H groups in total. The van der Waals surface area contributed by atoms with Gasteiger partial charge in [0.05, 0.1) is 29.8 Å². The molecule has 4 rings (SSSR count). The summed E-state index contributed by atoms with van der Waals surface area (Å²) in [4.78, 5) is 16.9. The number of carbonyl (C=O) groups excluding carboxylic acids is 1. The molecule has 1 aliphatic rings. The molecule has 1 saturated carbocycles. The van der Waals surface area contributed by atoms with Gasteiger partial charge in [-0.15, -0.1) is 0 Å². The largest absolute Gasteiger partial charge is 0.491 e. The third-order valence-electron chi connectivity index (χ3n) is 6.11. The van der Waals surface area contributed by atoms with Gasteiger partial charge in [-0.05, 0) is 87.4 Å². The van der Waals surface area contributed by atoms with Gasteiger partial charge in [-0.1, -0.05) is 13.8 Å². The molecule has 0 amide bonds. The summed E-state index contributed by atoms with van der Waals surface area (Å²) in [6, 6.07) is 13.9. The molecule has 0 saturated heterocycles. The number of ether oxygens (including phenoxy) is 2. The fourth-order valence-electron chi connectivity index (χ4n) is 4.93. The number of methoxy groups -OCH3 is 1. The first-order chi connectivity index (χ1) is 15.3. The number of hydrogen-bond acceptors (Lipinski definition) is 5. The molecule has 6 heteroatoms. The van der Waals surface area contributed by atoms with Crippen molar-refractivity contribution in [3.8, 4) is 5.75 Å². The van der Waals surface area contributed by atoms with Gasteiger partial charge in [-0.2, -0.15) is 0 Å². The second kappa shape index (κ2) is 9.23. The van der Waals surface area contributed by atoms with E-state index in [1.54, 1.807) is 0 Å². The fraction of sp³-hybridized carbons (Fsp3) is 0.462. The summed E-state index contributed by atoms with van der Waals surface area (Å²) in [5.41, 5.74) is 3.28. The van der Waals surface area contributed by atoms with E-state index in [0.29, 0.717) is 23.4 Å². The SMILES string of the molecule is COC(=O)c1ccc2c(c1)nc(Nc1ccc(OC(C)C)cc1)n2C1CC(C)CC(C)C1. The Morgan fingerprint density at radius 3 is 2.38 bits per heavy atom. The first-order valence-electron chi connectivity index (χ1n) is 11.5. The van der Waals surface area contributed by atoms with Gasteiger partial charge in [0.1, 0.15) is 5.75 Å². The molecule has 2 unspecified atom stereocenters. The average Bonchev–Trinajstić information content (AvgIpc) is 3.10. The van der Waals surface area contributed by atoms with Crippen molar-refractivity contribution in [3.05, 3.63) is 48.0 Å². The molecular weight excluding hydrogens is 402 g/mol. The zero-order valence-corrected chi connectivity index (χ0v) is 19.6. The van der Waals surface area contributed by atoms with Gasteiger partial charge in [0.2, 0.25) is 5.95 Å². The van der Waals surface area contributed by atoms with Crippen molar-refractivity contribution in [3.63, 3.8) is 0 Å². The lowest BCUT2D eigenvalue weighted by Gasteiger charge is -2.33. The van der Waals surface area contributed by atoms with E-state index in [4.69, 9.17) is 14.5 Å². The molecule has 2 aromatic carbocycles. The van der Waals surface area contributed by atoms with Crippen molar-refractivity contribution in [2.75, 3.05) is 12.4 Å². The quantitative estimate of drug-likeness (QED) is 0.457. The van der Waals surface area contributed by atoms with Gasteiger partial charge >= 0.3 is 5.97 Å². The van der Waals surface area contributed by atoms with Gasteiger partial charge < -0.3 is 19.4 Å². The van der Waals surface area contributed by atoms with Crippen molar-refractivity contribution in [1.82, 2.24) is 9.55 Å². The minimum Gasteiger partial charge on any atom is -0.491 e. The Hall–Kier alpha value is -3.02. The van der Waals surface area contributed by atoms with Crippen molar-refractivity contribution in [1.29, 1.82) is 0 Å². The van der Waals surface area contributed by atoms with Crippen molar-refractivity contribution >= 4 is 28.6 Å². The highest BCUT2D eigenvalue weighted by Crippen LogP contribution is 2.40. The minimum atomic E-state index is -0.350. The highest BCUT2D eigenvalue weighted by atomic mass is 16.5. The standard InChI is InChI=1S/C26H33N3O3/c1-16(2)32-22-9-7-20(8-10-22)27-26-28-23-15-19(25(30)31-5)6-11-24(23)29(26)21-13-17(3)12-18(4)14-21/h6-11,15-18,21H,12-14H2,1-5H3,(H,27,28). The third kappa shape index (κ3) is 4.74. The summed E-state index contributed by atoms with van der Waals surface area (Å²) in [5.74, 6) is 2.62. The molecule has 2 atom stereocenters. The number of fused-ring (bicyclic) bond motifs is 1. The number of nitrogens with one attached hydrogen (secondary N) is 1. The van der Waals surface area contributed by atoms with E-state index < -0.39 is 0 Å². The van der Waals surface area contributed by atoms with Crippen molar-refractivity contribution < 1.29 is 14.3 Å². The number of rotatable bonds is 6. The Morgan fingerprint density at radius 1 is 1.06 bits per heavy atom. The smallest absolute Gasteiger partial charge is 0.337 e. The molecule has 3 aromatic rings. The van der Waals surface area contributed by atoms with Crippen molar-refractivity contribution in [2.45, 2.75) is 59.1 Å². The summed E-state index contributed by atoms with van der Waals surface area (Å²) in [6.07, 6.45) is 3.63. The molecule has 1 fully saturated rings. The molecule has 1 heterocycles. The Labute approximate surface area is 189 Å². The predicted molar refractivity (Wildman–Crippen MR) is 128 cm³/mol. The zero-order valence-electron chi connectivity index (χ0n) is 19.6. The van der Waals surface area contributed by atoms with Crippen LogP contribution in [-0.4, -0.2) is 28.7 Å². The monoisotopic (exact) mass is 435 g/mol. The lowest BCUT2D eigenvalue weighted by molar-refractivity contribution is 0.0601. The van der Waals surface area contributed by atoms with E-state index in [1.807, 2.05) is 56.3 Å². The van der Waals surface area contributed by atoms with E-state index in [2.05, 4.69) is 23.7 Å². The first kappa shape index (κ1) is 22.2. The van der Waals surface area contributed by atoms with Crippen LogP contribution in [0.2, 0.25) is 0 Å². The highest BCUT2D eigenvalue weighted by molar-refractivity contribution is 5.94. The van der Waals surface area contributed by atoms with E-state index in [-0.39, 0.29) is 12.1 Å². The number of aromatic nitrogens is 2. The van der Waals surface area contributed by atoms with Crippen LogP contribution in [0.4, 0.5) is 11.6 Å². The summed E-state index contributed by atoms with van der Waals surface area (Å²) in [6.45, 7) is 8.70. The molecule has 1 aromatic heterocycles. The Balaban J connectivity index is 1.73. The van der Waals surface area contributed by atoms with Gasteiger partial charge in [0.15, 0.2) is 0 Å². The number of nitrogens with zero attached hydrogens (tertiary/aromatic N) is 2. The molecule has 0 radical (unpaired) electrons. The number of carbonyl (C=O) groups is 1. The van der Waals surface area contributed by atoms with E-state index in [1.165, 1.54) is 13.5 Å². The molecule has 0 bridgehead atoms. The summed E-state index contributed by atoms with van der Waals surface area (Å²) >= 11 is 0. The molecule has 1 aliphatic carbocycles. The van der Waals surface area contributed by atoms with Gasteiger partial charge in [0, 0.05) is 11.7 Å². The van der Waals surface area contributed by atoms with Crippen LogP contribution >= 0.6 is 0 Å². The minimum absolute atomic E-state index is 0.136. The Kier molecular flexibility index (Phi) is 6.40. The van der Waals surface area contributed by atoms with Crippen LogP contribution < -0.4 is 10.1 Å². The summed E-state index contributed by atoms with van der Waals surface area (Å²) < 4.78 is 13.0. The van der Waals surface area contributed by atoms with Crippen LogP contribution in [-0.2, 0) is 4.74 Å². The second-order valence-corrected chi connectivity index (χ2v) is 9.39. The lowest BCUT2D eigenvalue weighted by atomic mass is 9.80. The summed E-state index contributed by atoms with van der Waals surface area (Å²) in [5, 5.41) is 3.51. The maximum absolute atomic E-state index is 12.1. The zero-order chi connectivity index (χ0) is 22.8. The van der Waals surface area contributed by atoms with Gasteiger partial charge in [-0.25, -0.2) is 9.78 Å². The molecular formula is C26H33N3O3. The molecule has 0 spiro atoms. The highest BCUT2D eigenvalue weighted by Gasteiger charge is 2.28. The number of benzene rings is 2. The molecule has 32 heavy (non-hydrogen) atoms.